The Kier molecular flexibility index (Phi) is 5.05. The van der Waals surface area contributed by atoms with Crippen molar-refractivity contribution < 1.29 is 0 Å². The molecule has 0 aromatic heterocycles. The molecule has 0 N–H and O–H groups in total. The van der Waals surface area contributed by atoms with E-state index in [1.807, 2.05) is 0 Å². The minimum atomic E-state index is 0.796. The Morgan fingerprint density at radius 2 is 1.94 bits per heavy atom. The van der Waals surface area contributed by atoms with Crippen molar-refractivity contribution in [1.29, 1.82) is 0 Å². The van der Waals surface area contributed by atoms with Gasteiger partial charge in [0.1, 0.15) is 0 Å². The van der Waals surface area contributed by atoms with E-state index in [0.717, 1.165) is 10.7 Å². The van der Waals surface area contributed by atoms with Crippen molar-refractivity contribution in [3.05, 3.63) is 35.9 Å². The summed E-state index contributed by atoms with van der Waals surface area (Å²) >= 11 is 3.66. The van der Waals surface area contributed by atoms with Crippen LogP contribution >= 0.6 is 15.9 Å². The van der Waals surface area contributed by atoms with Crippen LogP contribution in [0.2, 0.25) is 0 Å². The van der Waals surface area contributed by atoms with Gasteiger partial charge in [-0.25, -0.2) is 0 Å². The quantitative estimate of drug-likeness (QED) is 0.723. The number of hydrogen-bond donors (Lipinski definition) is 0. The van der Waals surface area contributed by atoms with Crippen molar-refractivity contribution in [3.63, 3.8) is 0 Å². The van der Waals surface area contributed by atoms with Crippen LogP contribution in [0.1, 0.15) is 24.8 Å². The average molecular weight is 296 g/mol. The maximum Gasteiger partial charge on any atom is 0.0152 e. The lowest BCUT2D eigenvalue weighted by Crippen LogP contribution is -2.35. The molecule has 1 aromatic carbocycles. The smallest absolute Gasteiger partial charge is 0.0152 e. The molecule has 0 radical (unpaired) electrons. The van der Waals surface area contributed by atoms with Crippen LogP contribution in [0.4, 0.5) is 0 Å². The van der Waals surface area contributed by atoms with Crippen LogP contribution in [0.15, 0.2) is 30.3 Å². The van der Waals surface area contributed by atoms with Crippen molar-refractivity contribution in [2.24, 2.45) is 5.92 Å². The van der Waals surface area contributed by atoms with Crippen molar-refractivity contribution in [2.75, 3.05) is 20.1 Å². The van der Waals surface area contributed by atoms with Gasteiger partial charge in [0.05, 0.1) is 0 Å². The molecule has 1 saturated carbocycles. The Bertz CT molecular complexity index is 319. The predicted octanol–water partition coefficient (Wildman–Crippen LogP) is 3.72. The third kappa shape index (κ3) is 4.44. The fourth-order valence-electron chi connectivity index (χ4n) is 2.53. The molecule has 1 aliphatic rings. The summed E-state index contributed by atoms with van der Waals surface area (Å²) in [5.74, 6) is 0.932. The maximum atomic E-state index is 3.66. The molecule has 1 fully saturated rings. The van der Waals surface area contributed by atoms with Crippen LogP contribution in [-0.4, -0.2) is 29.9 Å². The predicted molar refractivity (Wildman–Crippen MR) is 77.7 cm³/mol. The summed E-state index contributed by atoms with van der Waals surface area (Å²) in [6.45, 7) is 2.50. The highest BCUT2D eigenvalue weighted by Crippen LogP contribution is 2.33. The summed E-state index contributed by atoms with van der Waals surface area (Å²) in [7, 11) is 2.26. The SMILES string of the molecule is CN(CCCc1ccccc1)CC1CC(Br)C1. The maximum absolute atomic E-state index is 3.66. The number of aryl methyl sites for hydroxylation is 1. The monoisotopic (exact) mass is 295 g/mol. The first kappa shape index (κ1) is 13.1. The molecule has 0 spiro atoms. The van der Waals surface area contributed by atoms with Gasteiger partial charge in [-0.3, -0.25) is 0 Å². The van der Waals surface area contributed by atoms with Gasteiger partial charge in [0.25, 0.3) is 0 Å². The van der Waals surface area contributed by atoms with Gasteiger partial charge in [-0.05, 0) is 50.8 Å². The van der Waals surface area contributed by atoms with Gasteiger partial charge in [-0.15, -0.1) is 0 Å². The second kappa shape index (κ2) is 6.55. The normalized spacial score (nSPS) is 23.7. The Balaban J connectivity index is 1.58. The Morgan fingerprint density at radius 3 is 2.59 bits per heavy atom. The van der Waals surface area contributed by atoms with Crippen LogP contribution in [0, 0.1) is 5.92 Å². The largest absolute Gasteiger partial charge is 0.306 e. The summed E-state index contributed by atoms with van der Waals surface area (Å²) in [6.07, 6.45) is 5.20. The number of benzene rings is 1. The summed E-state index contributed by atoms with van der Waals surface area (Å²) in [4.78, 5) is 3.29. The van der Waals surface area contributed by atoms with Gasteiger partial charge in [0.2, 0.25) is 0 Å². The van der Waals surface area contributed by atoms with Crippen molar-refractivity contribution in [1.82, 2.24) is 4.90 Å². The van der Waals surface area contributed by atoms with E-state index in [0.29, 0.717) is 0 Å². The molecular formula is C15H22BrN. The highest BCUT2D eigenvalue weighted by atomic mass is 79.9. The molecule has 94 valence electrons. The van der Waals surface area contributed by atoms with Gasteiger partial charge in [0.15, 0.2) is 0 Å². The standard InChI is InChI=1S/C15H22BrN/c1-17(12-14-10-15(16)11-14)9-5-8-13-6-3-2-4-7-13/h2-4,6-7,14-15H,5,8-12H2,1H3. The molecule has 0 amide bonds. The van der Waals surface area contributed by atoms with Gasteiger partial charge in [-0.1, -0.05) is 46.3 Å². The van der Waals surface area contributed by atoms with E-state index in [9.17, 15) is 0 Å². The first-order valence-corrected chi connectivity index (χ1v) is 7.52. The summed E-state index contributed by atoms with van der Waals surface area (Å²) in [5, 5.41) is 0. The molecule has 0 atom stereocenters. The lowest BCUT2D eigenvalue weighted by molar-refractivity contribution is 0.212. The van der Waals surface area contributed by atoms with Crippen molar-refractivity contribution >= 4 is 15.9 Å². The third-order valence-corrected chi connectivity index (χ3v) is 4.34. The minimum absolute atomic E-state index is 0.796. The molecule has 1 nitrogen and oxygen atoms in total. The molecule has 1 aromatic rings. The molecule has 1 aliphatic carbocycles. The van der Waals surface area contributed by atoms with Crippen LogP contribution in [-0.2, 0) is 6.42 Å². The fourth-order valence-corrected chi connectivity index (χ4v) is 3.59. The Hall–Kier alpha value is -0.340. The minimum Gasteiger partial charge on any atom is -0.306 e. The first-order chi connectivity index (χ1) is 8.24. The molecular weight excluding hydrogens is 274 g/mol. The second-order valence-corrected chi connectivity index (χ2v) is 6.58. The zero-order valence-corrected chi connectivity index (χ0v) is 12.2. The summed E-state index contributed by atoms with van der Waals surface area (Å²) in [5.41, 5.74) is 1.46. The average Bonchev–Trinajstić information content (AvgIpc) is 2.28. The summed E-state index contributed by atoms with van der Waals surface area (Å²) < 4.78 is 0. The van der Waals surface area contributed by atoms with Crippen LogP contribution in [0.5, 0.6) is 0 Å². The zero-order chi connectivity index (χ0) is 12.1. The van der Waals surface area contributed by atoms with Gasteiger partial charge in [0, 0.05) is 11.4 Å². The lowest BCUT2D eigenvalue weighted by atomic mass is 9.85. The highest BCUT2D eigenvalue weighted by molar-refractivity contribution is 9.09. The molecule has 2 heteroatoms. The topological polar surface area (TPSA) is 3.24 Å². The van der Waals surface area contributed by atoms with E-state index in [2.05, 4.69) is 58.2 Å². The number of nitrogens with zero attached hydrogens (tertiary/aromatic N) is 1. The van der Waals surface area contributed by atoms with E-state index in [4.69, 9.17) is 0 Å². The lowest BCUT2D eigenvalue weighted by Gasteiger charge is -2.34. The van der Waals surface area contributed by atoms with E-state index in [-0.39, 0.29) is 0 Å². The van der Waals surface area contributed by atoms with Gasteiger partial charge < -0.3 is 4.90 Å². The molecule has 17 heavy (non-hydrogen) atoms. The number of hydrogen-bond acceptors (Lipinski definition) is 1. The van der Waals surface area contributed by atoms with E-state index < -0.39 is 0 Å². The number of alkyl halides is 1. The molecule has 0 saturated heterocycles. The summed E-state index contributed by atoms with van der Waals surface area (Å²) in [6, 6.07) is 10.8. The number of halogens is 1. The Morgan fingerprint density at radius 1 is 1.24 bits per heavy atom. The zero-order valence-electron chi connectivity index (χ0n) is 10.6. The molecule has 0 bridgehead atoms. The second-order valence-electron chi connectivity index (χ2n) is 5.29. The van der Waals surface area contributed by atoms with Gasteiger partial charge in [-0.2, -0.15) is 0 Å². The van der Waals surface area contributed by atoms with Gasteiger partial charge >= 0.3 is 0 Å². The molecule has 2 rings (SSSR count). The fraction of sp³-hybridized carbons (Fsp3) is 0.600. The Labute approximate surface area is 113 Å². The third-order valence-electron chi connectivity index (χ3n) is 3.60. The van der Waals surface area contributed by atoms with Crippen molar-refractivity contribution in [3.8, 4) is 0 Å². The van der Waals surface area contributed by atoms with Crippen LogP contribution < -0.4 is 0 Å². The van der Waals surface area contributed by atoms with Crippen LogP contribution in [0.25, 0.3) is 0 Å². The molecule has 0 heterocycles. The number of rotatable bonds is 6. The molecule has 0 aliphatic heterocycles. The molecule has 0 unspecified atom stereocenters. The first-order valence-electron chi connectivity index (χ1n) is 6.60. The van der Waals surface area contributed by atoms with Crippen molar-refractivity contribution in [2.45, 2.75) is 30.5 Å². The highest BCUT2D eigenvalue weighted by Gasteiger charge is 2.27. The van der Waals surface area contributed by atoms with Crippen LogP contribution in [0.3, 0.4) is 0 Å². The van der Waals surface area contributed by atoms with E-state index in [1.54, 1.807) is 0 Å². The van der Waals surface area contributed by atoms with E-state index in [1.165, 1.54) is 44.3 Å². The van der Waals surface area contributed by atoms with E-state index >= 15 is 0 Å².